The van der Waals surface area contributed by atoms with E-state index in [0.29, 0.717) is 12.4 Å². The summed E-state index contributed by atoms with van der Waals surface area (Å²) >= 11 is 0. The Morgan fingerprint density at radius 1 is 1.23 bits per heavy atom. The van der Waals surface area contributed by atoms with Crippen LogP contribution in [0.5, 0.6) is 0 Å². The van der Waals surface area contributed by atoms with E-state index >= 15 is 0 Å². The van der Waals surface area contributed by atoms with E-state index in [0.717, 1.165) is 35.9 Å². The van der Waals surface area contributed by atoms with Gasteiger partial charge in [0.1, 0.15) is 5.82 Å². The Balaban J connectivity index is 0.000000847. The molecule has 22 heavy (non-hydrogen) atoms. The van der Waals surface area contributed by atoms with Crippen LogP contribution in [0.3, 0.4) is 0 Å². The molecule has 0 bridgehead atoms. The summed E-state index contributed by atoms with van der Waals surface area (Å²) in [6, 6.07) is 0. The van der Waals surface area contributed by atoms with E-state index in [9.17, 15) is 0 Å². The normalized spacial score (nSPS) is 17.7. The molecule has 116 valence electrons. The highest BCUT2D eigenvalue weighted by atomic mass is 15.3. The van der Waals surface area contributed by atoms with E-state index in [2.05, 4.69) is 34.7 Å². The maximum absolute atomic E-state index is 6.04. The summed E-state index contributed by atoms with van der Waals surface area (Å²) in [7, 11) is 0. The second-order valence-corrected chi connectivity index (χ2v) is 5.14. The molecule has 0 atom stereocenters. The monoisotopic (exact) mass is 298 g/mol. The molecular weight excluding hydrogens is 276 g/mol. The lowest BCUT2D eigenvalue weighted by atomic mass is 10.3. The number of terminal acetylenes is 1. The van der Waals surface area contributed by atoms with Crippen molar-refractivity contribution < 1.29 is 0 Å². The lowest BCUT2D eigenvalue weighted by Crippen LogP contribution is -2.24. The fourth-order valence-corrected chi connectivity index (χ4v) is 2.54. The number of nitrogens with one attached hydrogen (secondary N) is 1. The van der Waals surface area contributed by atoms with Crippen molar-refractivity contribution in [2.45, 2.75) is 19.4 Å². The zero-order chi connectivity index (χ0) is 16.1. The van der Waals surface area contributed by atoms with Crippen LogP contribution < -0.4 is 16.8 Å². The molecule has 6 heteroatoms. The van der Waals surface area contributed by atoms with E-state index in [-0.39, 0.29) is 0 Å². The number of fused-ring (bicyclic) bond motifs is 1. The van der Waals surface area contributed by atoms with Gasteiger partial charge in [-0.2, -0.15) is 5.10 Å². The van der Waals surface area contributed by atoms with Crippen LogP contribution in [0.1, 0.15) is 24.1 Å². The van der Waals surface area contributed by atoms with Gasteiger partial charge in [0.15, 0.2) is 0 Å². The molecule has 0 unspecified atom stereocenters. The number of rotatable bonds is 3. The number of nitrogens with zero attached hydrogens (tertiary/aromatic N) is 3. The molecule has 0 aromatic carbocycles. The molecule has 0 spiro atoms. The van der Waals surface area contributed by atoms with Gasteiger partial charge in [-0.3, -0.25) is 0 Å². The minimum absolute atomic E-state index is 0.550. The van der Waals surface area contributed by atoms with Gasteiger partial charge >= 0.3 is 0 Å². The number of likely N-dealkylation sites (tertiary alicyclic amines) is 1. The molecule has 0 radical (unpaired) electrons. The minimum Gasteiger partial charge on any atom is -0.385 e. The third-order valence-electron chi connectivity index (χ3n) is 3.75. The average molecular weight is 298 g/mol. The molecule has 5 N–H and O–H groups in total. The highest BCUT2D eigenvalue weighted by Crippen LogP contribution is 2.22. The smallest absolute Gasteiger partial charge is 0.124 e. The van der Waals surface area contributed by atoms with Gasteiger partial charge in [-0.05, 0) is 25.0 Å². The molecule has 0 aliphatic carbocycles. The predicted molar refractivity (Wildman–Crippen MR) is 89.5 cm³/mol. The van der Waals surface area contributed by atoms with Crippen molar-refractivity contribution in [1.82, 2.24) is 20.0 Å². The summed E-state index contributed by atoms with van der Waals surface area (Å²) in [5, 5.41) is 7.58. The molecule has 2 aliphatic rings. The Hall–Kier alpha value is -2.81. The van der Waals surface area contributed by atoms with Crippen LogP contribution in [0.2, 0.25) is 0 Å². The van der Waals surface area contributed by atoms with Crippen LogP contribution >= 0.6 is 0 Å². The van der Waals surface area contributed by atoms with Crippen molar-refractivity contribution in [3.8, 4) is 12.8 Å². The predicted octanol–water partition coefficient (Wildman–Crippen LogP) is 0.859. The third-order valence-corrected chi connectivity index (χ3v) is 3.75. The first-order chi connectivity index (χ1) is 10.6. The van der Waals surface area contributed by atoms with Crippen molar-refractivity contribution in [3.05, 3.63) is 42.0 Å². The maximum Gasteiger partial charge on any atom is 0.124 e. The van der Waals surface area contributed by atoms with Gasteiger partial charge in [-0.25, -0.2) is 4.68 Å². The Labute approximate surface area is 131 Å². The first-order valence-electron chi connectivity index (χ1n) is 7.18. The molecule has 3 heterocycles. The Kier molecular flexibility index (Phi) is 4.79. The Morgan fingerprint density at radius 2 is 1.86 bits per heavy atom. The zero-order valence-corrected chi connectivity index (χ0v) is 12.6. The fourth-order valence-electron chi connectivity index (χ4n) is 2.54. The van der Waals surface area contributed by atoms with Crippen molar-refractivity contribution >= 4 is 11.5 Å². The molecule has 0 amide bonds. The highest BCUT2D eigenvalue weighted by molar-refractivity contribution is 5.67. The quantitative estimate of drug-likeness (QED) is 0.569. The van der Waals surface area contributed by atoms with Gasteiger partial charge in [0, 0.05) is 30.5 Å². The van der Waals surface area contributed by atoms with Crippen LogP contribution in [-0.2, 0) is 6.54 Å². The second kappa shape index (κ2) is 6.76. The largest absolute Gasteiger partial charge is 0.385 e. The lowest BCUT2D eigenvalue weighted by molar-refractivity contribution is 0.421. The number of hydrogen-bond acceptors (Lipinski definition) is 5. The van der Waals surface area contributed by atoms with E-state index in [1.165, 1.54) is 12.8 Å². The molecule has 1 aromatic rings. The van der Waals surface area contributed by atoms with E-state index in [1.807, 2.05) is 12.3 Å². The van der Waals surface area contributed by atoms with Crippen LogP contribution in [0.15, 0.2) is 30.7 Å². The summed E-state index contributed by atoms with van der Waals surface area (Å²) in [5.41, 5.74) is 15.0. The van der Waals surface area contributed by atoms with Crippen LogP contribution in [0.25, 0.3) is 11.5 Å². The fraction of sp³-hybridized carbons (Fsp3) is 0.312. The van der Waals surface area contributed by atoms with Gasteiger partial charge in [0.25, 0.3) is 0 Å². The SMILES string of the molecule is C#C.C=C1NCc2nn(/C(N)=C/C=C(\N)N3CCCC3)cc21. The summed E-state index contributed by atoms with van der Waals surface area (Å²) in [6.45, 7) is 6.69. The summed E-state index contributed by atoms with van der Waals surface area (Å²) in [4.78, 5) is 2.17. The summed E-state index contributed by atoms with van der Waals surface area (Å²) < 4.78 is 1.67. The zero-order valence-electron chi connectivity index (χ0n) is 12.6. The second-order valence-electron chi connectivity index (χ2n) is 5.14. The van der Waals surface area contributed by atoms with Gasteiger partial charge in [0.05, 0.1) is 18.1 Å². The minimum atomic E-state index is 0.550. The van der Waals surface area contributed by atoms with E-state index in [4.69, 9.17) is 11.5 Å². The summed E-state index contributed by atoms with van der Waals surface area (Å²) in [6.07, 6.45) is 15.9. The molecule has 1 aromatic heterocycles. The number of aromatic nitrogens is 2. The van der Waals surface area contributed by atoms with Crippen molar-refractivity contribution in [3.63, 3.8) is 0 Å². The van der Waals surface area contributed by atoms with Crippen LogP contribution in [0, 0.1) is 12.8 Å². The maximum atomic E-state index is 6.04. The van der Waals surface area contributed by atoms with E-state index in [1.54, 1.807) is 10.8 Å². The standard InChI is InChI=1S/C14H20N6.C2H2/c1-10-11-9-20(18-12(11)8-17-10)14(16)5-4-13(15)19-6-2-3-7-19;1-2/h4-5,9,17H,1-3,6-8,15-16H2;1-2H/b13-4+,14-5+;. The van der Waals surface area contributed by atoms with Crippen LogP contribution in [-0.4, -0.2) is 27.8 Å². The summed E-state index contributed by atoms with van der Waals surface area (Å²) in [5.74, 6) is 1.31. The topological polar surface area (TPSA) is 85.1 Å². The Morgan fingerprint density at radius 3 is 2.50 bits per heavy atom. The third kappa shape index (κ3) is 3.09. The molecule has 3 rings (SSSR count). The van der Waals surface area contributed by atoms with Crippen molar-refractivity contribution in [2.24, 2.45) is 11.5 Å². The molecule has 6 nitrogen and oxygen atoms in total. The van der Waals surface area contributed by atoms with Gasteiger partial charge in [0.2, 0.25) is 0 Å². The van der Waals surface area contributed by atoms with Crippen LogP contribution in [0.4, 0.5) is 0 Å². The lowest BCUT2D eigenvalue weighted by Gasteiger charge is -2.16. The van der Waals surface area contributed by atoms with Crippen molar-refractivity contribution in [2.75, 3.05) is 13.1 Å². The van der Waals surface area contributed by atoms with Crippen molar-refractivity contribution in [1.29, 1.82) is 0 Å². The number of allylic oxidation sites excluding steroid dienone is 2. The number of nitrogens with two attached hydrogens (primary N) is 2. The molecule has 1 saturated heterocycles. The first kappa shape index (κ1) is 15.6. The van der Waals surface area contributed by atoms with Gasteiger partial charge < -0.3 is 21.7 Å². The highest BCUT2D eigenvalue weighted by Gasteiger charge is 2.18. The molecule has 0 saturated carbocycles. The molecular formula is C16H22N6. The Bertz CT molecular complexity index is 628. The average Bonchev–Trinajstić information content (AvgIpc) is 3.25. The van der Waals surface area contributed by atoms with Gasteiger partial charge in [-0.15, -0.1) is 12.8 Å². The van der Waals surface area contributed by atoms with E-state index < -0.39 is 0 Å². The molecule has 1 fully saturated rings. The van der Waals surface area contributed by atoms with Gasteiger partial charge in [-0.1, -0.05) is 6.58 Å². The first-order valence-corrected chi connectivity index (χ1v) is 7.18. The molecule has 2 aliphatic heterocycles. The number of hydrogen-bond donors (Lipinski definition) is 3.